The molecule has 2 heterocycles. The van der Waals surface area contributed by atoms with Crippen molar-refractivity contribution < 1.29 is 0 Å². The molecule has 0 amide bonds. The molecule has 0 radical (unpaired) electrons. The summed E-state index contributed by atoms with van der Waals surface area (Å²) in [6.45, 7) is 2.00. The largest absolute Gasteiger partial charge is 0.256 e. The molecule has 0 saturated heterocycles. The fraction of sp³-hybridized carbons (Fsp3) is 0.0667. The van der Waals surface area contributed by atoms with E-state index in [0.29, 0.717) is 5.02 Å². The van der Waals surface area contributed by atoms with Crippen LogP contribution in [0.1, 0.15) is 5.01 Å². The van der Waals surface area contributed by atoms with Gasteiger partial charge in [-0.05, 0) is 25.1 Å². The molecule has 0 N–H and O–H groups in total. The van der Waals surface area contributed by atoms with Gasteiger partial charge < -0.3 is 0 Å². The Morgan fingerprint density at radius 2 is 1.89 bits per heavy atom. The molecule has 3 rings (SSSR count). The van der Waals surface area contributed by atoms with Gasteiger partial charge in [0.2, 0.25) is 0 Å². The fourth-order valence-electron chi connectivity index (χ4n) is 1.87. The number of pyridine rings is 1. The summed E-state index contributed by atoms with van der Waals surface area (Å²) >= 11 is 7.81. The van der Waals surface area contributed by atoms with E-state index in [2.05, 4.69) is 9.97 Å². The van der Waals surface area contributed by atoms with Crippen molar-refractivity contribution in [2.75, 3.05) is 0 Å². The average molecular weight is 287 g/mol. The quantitative estimate of drug-likeness (QED) is 0.674. The third-order valence-corrected chi connectivity index (χ3v) is 3.93. The number of aryl methyl sites for hydroxylation is 1. The first-order valence-corrected chi connectivity index (χ1v) is 7.13. The van der Waals surface area contributed by atoms with E-state index < -0.39 is 0 Å². The number of benzene rings is 1. The van der Waals surface area contributed by atoms with E-state index in [9.17, 15) is 0 Å². The third-order valence-electron chi connectivity index (χ3n) is 2.83. The lowest BCUT2D eigenvalue weighted by atomic mass is 10.1. The highest BCUT2D eigenvalue weighted by molar-refractivity contribution is 7.09. The van der Waals surface area contributed by atoms with E-state index in [0.717, 1.165) is 27.5 Å². The van der Waals surface area contributed by atoms with Crippen molar-refractivity contribution in [2.24, 2.45) is 0 Å². The van der Waals surface area contributed by atoms with Gasteiger partial charge in [-0.3, -0.25) is 4.98 Å². The smallest absolute Gasteiger partial charge is 0.0901 e. The zero-order valence-electron chi connectivity index (χ0n) is 10.3. The van der Waals surface area contributed by atoms with E-state index in [-0.39, 0.29) is 0 Å². The Labute approximate surface area is 120 Å². The maximum absolute atomic E-state index is 6.17. The second kappa shape index (κ2) is 5.11. The predicted octanol–water partition coefficient (Wildman–Crippen LogP) is 4.83. The molecule has 0 bridgehead atoms. The van der Waals surface area contributed by atoms with Crippen molar-refractivity contribution >= 4 is 22.9 Å². The van der Waals surface area contributed by atoms with Gasteiger partial charge in [-0.15, -0.1) is 11.3 Å². The molecule has 2 aromatic heterocycles. The Balaban J connectivity index is 1.97. The van der Waals surface area contributed by atoms with E-state index >= 15 is 0 Å². The first kappa shape index (κ1) is 12.3. The number of halogens is 1. The first-order valence-electron chi connectivity index (χ1n) is 5.87. The molecule has 0 saturated carbocycles. The molecule has 1 aromatic carbocycles. The minimum absolute atomic E-state index is 0.715. The Morgan fingerprint density at radius 1 is 1.05 bits per heavy atom. The molecule has 4 heteroatoms. The van der Waals surface area contributed by atoms with Crippen molar-refractivity contribution in [3.8, 4) is 22.5 Å². The highest BCUT2D eigenvalue weighted by atomic mass is 35.5. The molecule has 0 fully saturated rings. The monoisotopic (exact) mass is 286 g/mol. The summed E-state index contributed by atoms with van der Waals surface area (Å²) < 4.78 is 0. The second-order valence-corrected chi connectivity index (χ2v) is 5.63. The van der Waals surface area contributed by atoms with E-state index in [4.69, 9.17) is 11.6 Å². The minimum Gasteiger partial charge on any atom is -0.256 e. The molecule has 0 atom stereocenters. The summed E-state index contributed by atoms with van der Waals surface area (Å²) in [6, 6.07) is 11.7. The van der Waals surface area contributed by atoms with Crippen LogP contribution in [-0.2, 0) is 0 Å². The predicted molar refractivity (Wildman–Crippen MR) is 80.5 cm³/mol. The van der Waals surface area contributed by atoms with Crippen molar-refractivity contribution in [1.29, 1.82) is 0 Å². The zero-order valence-corrected chi connectivity index (χ0v) is 11.9. The molecule has 19 heavy (non-hydrogen) atoms. The SMILES string of the molecule is Cc1nc(-c2ccc(-c3ccccc3Cl)nc2)cs1. The number of hydrogen-bond acceptors (Lipinski definition) is 3. The standard InChI is InChI=1S/C15H11ClN2S/c1-10-18-15(9-19-10)11-6-7-14(17-8-11)12-4-2-3-5-13(12)16/h2-9H,1H3. The Morgan fingerprint density at radius 3 is 2.53 bits per heavy atom. The molecule has 0 aliphatic rings. The van der Waals surface area contributed by atoms with Gasteiger partial charge in [0.25, 0.3) is 0 Å². The molecular weight excluding hydrogens is 276 g/mol. The maximum Gasteiger partial charge on any atom is 0.0901 e. The molecule has 2 nitrogen and oxygen atoms in total. The number of nitrogens with zero attached hydrogens (tertiary/aromatic N) is 2. The summed E-state index contributed by atoms with van der Waals surface area (Å²) in [5, 5.41) is 3.82. The van der Waals surface area contributed by atoms with Crippen LogP contribution in [0.4, 0.5) is 0 Å². The van der Waals surface area contributed by atoms with Gasteiger partial charge in [-0.2, -0.15) is 0 Å². The van der Waals surface area contributed by atoms with Crippen LogP contribution in [0.2, 0.25) is 5.02 Å². The van der Waals surface area contributed by atoms with Crippen LogP contribution in [0.3, 0.4) is 0 Å². The summed E-state index contributed by atoms with van der Waals surface area (Å²) in [5.74, 6) is 0. The molecule has 0 unspecified atom stereocenters. The normalized spacial score (nSPS) is 10.6. The lowest BCUT2D eigenvalue weighted by Crippen LogP contribution is -1.86. The average Bonchev–Trinajstić information content (AvgIpc) is 2.86. The van der Waals surface area contributed by atoms with Crippen molar-refractivity contribution in [1.82, 2.24) is 9.97 Å². The summed E-state index contributed by atoms with van der Waals surface area (Å²) in [5.41, 5.74) is 3.83. The summed E-state index contributed by atoms with van der Waals surface area (Å²) in [6.07, 6.45) is 1.84. The maximum atomic E-state index is 6.17. The van der Waals surface area contributed by atoms with Gasteiger partial charge in [-0.25, -0.2) is 4.98 Å². The minimum atomic E-state index is 0.715. The van der Waals surface area contributed by atoms with Crippen LogP contribution in [0.5, 0.6) is 0 Å². The third kappa shape index (κ3) is 2.53. The van der Waals surface area contributed by atoms with Crippen LogP contribution < -0.4 is 0 Å². The summed E-state index contributed by atoms with van der Waals surface area (Å²) in [4.78, 5) is 8.93. The van der Waals surface area contributed by atoms with Gasteiger partial charge in [0.05, 0.1) is 16.4 Å². The number of rotatable bonds is 2. The second-order valence-electron chi connectivity index (χ2n) is 4.16. The lowest BCUT2D eigenvalue weighted by molar-refractivity contribution is 1.27. The molecule has 94 valence electrons. The fourth-order valence-corrected chi connectivity index (χ4v) is 2.72. The molecule has 3 aromatic rings. The van der Waals surface area contributed by atoms with E-state index in [1.165, 1.54) is 0 Å². The first-order chi connectivity index (χ1) is 9.24. The van der Waals surface area contributed by atoms with Gasteiger partial charge in [0.15, 0.2) is 0 Å². The van der Waals surface area contributed by atoms with E-state index in [1.54, 1.807) is 11.3 Å². The molecule has 0 spiro atoms. The molecule has 0 aliphatic carbocycles. The number of thiazole rings is 1. The lowest BCUT2D eigenvalue weighted by Gasteiger charge is -2.04. The van der Waals surface area contributed by atoms with Crippen molar-refractivity contribution in [3.63, 3.8) is 0 Å². The number of aromatic nitrogens is 2. The topological polar surface area (TPSA) is 25.8 Å². The van der Waals surface area contributed by atoms with Crippen LogP contribution in [-0.4, -0.2) is 9.97 Å². The molecule has 0 aliphatic heterocycles. The van der Waals surface area contributed by atoms with Gasteiger partial charge in [0.1, 0.15) is 0 Å². The van der Waals surface area contributed by atoms with Crippen LogP contribution >= 0.6 is 22.9 Å². The van der Waals surface area contributed by atoms with Crippen molar-refractivity contribution in [2.45, 2.75) is 6.92 Å². The Bertz CT molecular complexity index is 704. The van der Waals surface area contributed by atoms with Crippen LogP contribution in [0.25, 0.3) is 22.5 Å². The van der Waals surface area contributed by atoms with Gasteiger partial charge >= 0.3 is 0 Å². The zero-order chi connectivity index (χ0) is 13.2. The van der Waals surface area contributed by atoms with E-state index in [1.807, 2.05) is 54.9 Å². The Kier molecular flexibility index (Phi) is 3.32. The highest BCUT2D eigenvalue weighted by Crippen LogP contribution is 2.27. The van der Waals surface area contributed by atoms with Crippen LogP contribution in [0.15, 0.2) is 48.0 Å². The Hall–Kier alpha value is -1.71. The van der Waals surface area contributed by atoms with Gasteiger partial charge in [0, 0.05) is 27.7 Å². The van der Waals surface area contributed by atoms with Crippen molar-refractivity contribution in [3.05, 3.63) is 58.0 Å². The number of hydrogen-bond donors (Lipinski definition) is 0. The van der Waals surface area contributed by atoms with Gasteiger partial charge in [-0.1, -0.05) is 29.8 Å². The summed E-state index contributed by atoms with van der Waals surface area (Å²) in [7, 11) is 0. The molecular formula is C15H11ClN2S. The highest BCUT2D eigenvalue weighted by Gasteiger charge is 2.06. The van der Waals surface area contributed by atoms with Crippen LogP contribution in [0, 0.1) is 6.92 Å².